The summed E-state index contributed by atoms with van der Waals surface area (Å²) < 4.78 is 5.13. The summed E-state index contributed by atoms with van der Waals surface area (Å²) in [6.45, 7) is 0.469. The Kier molecular flexibility index (Phi) is 5.48. The number of aromatic amines is 1. The van der Waals surface area contributed by atoms with E-state index in [2.05, 4.69) is 20.5 Å². The summed E-state index contributed by atoms with van der Waals surface area (Å²) in [6.07, 6.45) is 0.630. The van der Waals surface area contributed by atoms with Gasteiger partial charge in [-0.25, -0.2) is 4.79 Å². The fourth-order valence-electron chi connectivity index (χ4n) is 2.49. The van der Waals surface area contributed by atoms with Gasteiger partial charge in [-0.15, -0.1) is 5.10 Å². The summed E-state index contributed by atoms with van der Waals surface area (Å²) in [5, 5.41) is 9.61. The maximum absolute atomic E-state index is 12.3. The molecule has 2 aromatic carbocycles. The number of nitrogens with one attached hydrogen (secondary N) is 2. The Balaban J connectivity index is 1.55. The molecule has 0 aliphatic rings. The van der Waals surface area contributed by atoms with Gasteiger partial charge in [0, 0.05) is 20.0 Å². The van der Waals surface area contributed by atoms with Crippen LogP contribution in [0.4, 0.5) is 10.7 Å². The summed E-state index contributed by atoms with van der Waals surface area (Å²) >= 11 is 0. The van der Waals surface area contributed by atoms with Crippen LogP contribution in [0, 0.1) is 0 Å². The van der Waals surface area contributed by atoms with Gasteiger partial charge < -0.3 is 9.64 Å². The Hall–Kier alpha value is -3.35. The second kappa shape index (κ2) is 8.15. The molecule has 0 saturated heterocycles. The lowest BCUT2D eigenvalue weighted by Crippen LogP contribution is -2.31. The van der Waals surface area contributed by atoms with E-state index in [-0.39, 0.29) is 12.0 Å². The molecule has 26 heavy (non-hydrogen) atoms. The first kappa shape index (κ1) is 17.5. The van der Waals surface area contributed by atoms with Crippen molar-refractivity contribution in [2.75, 3.05) is 19.5 Å². The van der Waals surface area contributed by atoms with Crippen molar-refractivity contribution >= 4 is 12.0 Å². The van der Waals surface area contributed by atoms with E-state index in [4.69, 9.17) is 4.74 Å². The number of urea groups is 1. The van der Waals surface area contributed by atoms with Gasteiger partial charge in [-0.2, -0.15) is 4.98 Å². The number of H-pyrrole nitrogens is 1. The van der Waals surface area contributed by atoms with E-state index in [0.717, 1.165) is 16.9 Å². The van der Waals surface area contributed by atoms with Crippen LogP contribution in [-0.2, 0) is 13.0 Å². The zero-order valence-electron chi connectivity index (χ0n) is 14.8. The molecule has 0 bridgehead atoms. The van der Waals surface area contributed by atoms with Crippen LogP contribution in [-0.4, -0.2) is 40.3 Å². The third-order valence-corrected chi connectivity index (χ3v) is 3.89. The van der Waals surface area contributed by atoms with Gasteiger partial charge in [0.15, 0.2) is 0 Å². The minimum Gasteiger partial charge on any atom is -0.497 e. The van der Waals surface area contributed by atoms with Gasteiger partial charge in [-0.05, 0) is 23.3 Å². The molecule has 7 heteroatoms. The number of nitrogens with zero attached hydrogens (tertiary/aromatic N) is 3. The highest BCUT2D eigenvalue weighted by molar-refractivity contribution is 5.87. The lowest BCUT2D eigenvalue weighted by Gasteiger charge is -2.17. The first-order valence-corrected chi connectivity index (χ1v) is 8.24. The number of hydrogen-bond donors (Lipinski definition) is 2. The van der Waals surface area contributed by atoms with Crippen LogP contribution in [0.1, 0.15) is 17.0 Å². The predicted octanol–water partition coefficient (Wildman–Crippen LogP) is 3.07. The van der Waals surface area contributed by atoms with Gasteiger partial charge in [-0.1, -0.05) is 42.5 Å². The molecule has 0 unspecified atom stereocenters. The van der Waals surface area contributed by atoms with Crippen molar-refractivity contribution in [2.45, 2.75) is 13.0 Å². The lowest BCUT2D eigenvalue weighted by atomic mass is 10.1. The molecule has 2 amide bonds. The Morgan fingerprint density at radius 1 is 1.12 bits per heavy atom. The quantitative estimate of drug-likeness (QED) is 0.715. The standard InChI is InChI=1S/C19H21N5O2/c1-24(13-15-8-10-16(26-2)11-9-15)19(25)21-18-20-17(22-23-18)12-14-6-4-3-5-7-14/h3-11H,12-13H2,1-2H3,(H2,20,21,22,23,25). The molecular formula is C19H21N5O2. The molecule has 0 radical (unpaired) electrons. The average molecular weight is 351 g/mol. The Morgan fingerprint density at radius 3 is 2.54 bits per heavy atom. The van der Waals surface area contributed by atoms with Crippen LogP contribution in [0.25, 0.3) is 0 Å². The normalized spacial score (nSPS) is 10.4. The van der Waals surface area contributed by atoms with Crippen molar-refractivity contribution in [1.82, 2.24) is 20.1 Å². The molecule has 2 N–H and O–H groups in total. The van der Waals surface area contributed by atoms with Crippen molar-refractivity contribution in [3.05, 3.63) is 71.5 Å². The van der Waals surface area contributed by atoms with Crippen LogP contribution in [0.3, 0.4) is 0 Å². The summed E-state index contributed by atoms with van der Waals surface area (Å²) in [5.74, 6) is 1.75. The number of carbonyl (C=O) groups excluding carboxylic acids is 1. The molecule has 0 saturated carbocycles. The molecule has 0 fully saturated rings. The number of rotatable bonds is 6. The number of anilines is 1. The maximum atomic E-state index is 12.3. The highest BCUT2D eigenvalue weighted by Gasteiger charge is 2.12. The first-order chi connectivity index (χ1) is 12.6. The molecule has 7 nitrogen and oxygen atoms in total. The number of carbonyl (C=O) groups is 1. The Labute approximate surface area is 152 Å². The zero-order chi connectivity index (χ0) is 18.4. The van der Waals surface area contributed by atoms with E-state index >= 15 is 0 Å². The average Bonchev–Trinajstić information content (AvgIpc) is 3.10. The Bertz CT molecular complexity index is 846. The summed E-state index contributed by atoms with van der Waals surface area (Å²) in [5.41, 5.74) is 2.13. The van der Waals surface area contributed by atoms with Crippen molar-refractivity contribution in [2.24, 2.45) is 0 Å². The minimum atomic E-state index is -0.272. The number of aromatic nitrogens is 3. The fourth-order valence-corrected chi connectivity index (χ4v) is 2.49. The largest absolute Gasteiger partial charge is 0.497 e. The zero-order valence-corrected chi connectivity index (χ0v) is 14.8. The highest BCUT2D eigenvalue weighted by Crippen LogP contribution is 2.13. The van der Waals surface area contributed by atoms with Crippen molar-refractivity contribution < 1.29 is 9.53 Å². The Morgan fingerprint density at radius 2 is 1.85 bits per heavy atom. The molecule has 3 aromatic rings. The summed E-state index contributed by atoms with van der Waals surface area (Å²) in [6, 6.07) is 17.3. The molecular weight excluding hydrogens is 330 g/mol. The summed E-state index contributed by atoms with van der Waals surface area (Å²) in [4.78, 5) is 18.2. The van der Waals surface area contributed by atoms with Crippen molar-refractivity contribution in [3.63, 3.8) is 0 Å². The number of benzene rings is 2. The molecule has 0 aliphatic carbocycles. The molecule has 0 atom stereocenters. The van der Waals surface area contributed by atoms with Gasteiger partial charge in [0.05, 0.1) is 7.11 Å². The molecule has 0 spiro atoms. The van der Waals surface area contributed by atoms with Gasteiger partial charge >= 0.3 is 6.03 Å². The van der Waals surface area contributed by atoms with Crippen LogP contribution in [0.5, 0.6) is 5.75 Å². The van der Waals surface area contributed by atoms with E-state index in [1.54, 1.807) is 19.1 Å². The van der Waals surface area contributed by atoms with Gasteiger partial charge in [0.25, 0.3) is 0 Å². The van der Waals surface area contributed by atoms with E-state index in [0.29, 0.717) is 18.8 Å². The van der Waals surface area contributed by atoms with E-state index in [9.17, 15) is 4.79 Å². The third kappa shape index (κ3) is 4.60. The van der Waals surface area contributed by atoms with Crippen LogP contribution < -0.4 is 10.1 Å². The van der Waals surface area contributed by atoms with Gasteiger partial charge in [0.2, 0.25) is 5.95 Å². The van der Waals surface area contributed by atoms with Crippen molar-refractivity contribution in [3.8, 4) is 5.75 Å². The second-order valence-corrected chi connectivity index (χ2v) is 5.90. The molecule has 3 rings (SSSR count). The lowest BCUT2D eigenvalue weighted by molar-refractivity contribution is 0.220. The molecule has 1 heterocycles. The molecule has 0 aliphatic heterocycles. The second-order valence-electron chi connectivity index (χ2n) is 5.90. The van der Waals surface area contributed by atoms with E-state index in [1.807, 2.05) is 54.6 Å². The van der Waals surface area contributed by atoms with Crippen LogP contribution in [0.2, 0.25) is 0 Å². The number of hydrogen-bond acceptors (Lipinski definition) is 4. The SMILES string of the molecule is COc1ccc(CN(C)C(=O)Nc2n[nH]c(Cc3ccccc3)n2)cc1. The fraction of sp³-hybridized carbons (Fsp3) is 0.211. The monoisotopic (exact) mass is 351 g/mol. The number of ether oxygens (including phenoxy) is 1. The highest BCUT2D eigenvalue weighted by atomic mass is 16.5. The third-order valence-electron chi connectivity index (χ3n) is 3.89. The van der Waals surface area contributed by atoms with Crippen LogP contribution >= 0.6 is 0 Å². The van der Waals surface area contributed by atoms with Gasteiger partial charge in [0.1, 0.15) is 11.6 Å². The first-order valence-electron chi connectivity index (χ1n) is 8.24. The van der Waals surface area contributed by atoms with Crippen LogP contribution in [0.15, 0.2) is 54.6 Å². The number of amides is 2. The van der Waals surface area contributed by atoms with Gasteiger partial charge in [-0.3, -0.25) is 10.4 Å². The molecule has 134 valence electrons. The maximum Gasteiger partial charge on any atom is 0.324 e. The minimum absolute atomic E-state index is 0.266. The number of methoxy groups -OCH3 is 1. The predicted molar refractivity (Wildman–Crippen MR) is 99.1 cm³/mol. The molecule has 1 aromatic heterocycles. The topological polar surface area (TPSA) is 83.1 Å². The smallest absolute Gasteiger partial charge is 0.324 e. The van der Waals surface area contributed by atoms with E-state index < -0.39 is 0 Å². The summed E-state index contributed by atoms with van der Waals surface area (Å²) in [7, 11) is 3.34. The van der Waals surface area contributed by atoms with E-state index in [1.165, 1.54) is 0 Å². The van der Waals surface area contributed by atoms with Crippen molar-refractivity contribution in [1.29, 1.82) is 0 Å².